The average molecular weight is 569 g/mol. The van der Waals surface area contributed by atoms with Crippen molar-refractivity contribution in [3.8, 4) is 0 Å². The molecule has 0 amide bonds. The molecule has 0 spiro atoms. The van der Waals surface area contributed by atoms with Gasteiger partial charge in [0, 0.05) is 10.8 Å². The van der Waals surface area contributed by atoms with Gasteiger partial charge in [0.25, 0.3) is 0 Å². The Hall–Kier alpha value is -2.42. The normalized spacial score (nSPS) is 36.9. The standard InChI is InChI=1S/C40H56O2/c1-31(19-13-21-33(3)23-29-39-35(5,6)25-15-27-37(39,9)41-39)17-11-12-18-32(2)20-14-22-34(4)24-30-40-36(7,8)26-16-28-38(40,10)42-40/h11-14,17-24,29-30H,15-16,25-28H2,1-10H3/b12-11+,19-13+,20-14+,29-23+,30-24+,31-17+,32-18+,33-21+,34-22+. The van der Waals surface area contributed by atoms with Gasteiger partial charge in [-0.2, -0.15) is 0 Å². The van der Waals surface area contributed by atoms with Gasteiger partial charge in [-0.15, -0.1) is 0 Å². The molecule has 4 fully saturated rings. The van der Waals surface area contributed by atoms with Gasteiger partial charge in [0.05, 0.1) is 11.2 Å². The Labute approximate surface area is 257 Å². The van der Waals surface area contributed by atoms with Gasteiger partial charge in [-0.1, -0.05) is 123 Å². The van der Waals surface area contributed by atoms with Crippen molar-refractivity contribution >= 4 is 0 Å². The van der Waals surface area contributed by atoms with Crippen LogP contribution in [0.3, 0.4) is 0 Å². The highest BCUT2D eigenvalue weighted by Crippen LogP contribution is 2.67. The lowest BCUT2D eigenvalue weighted by molar-refractivity contribution is 0.166. The molecule has 2 saturated heterocycles. The highest BCUT2D eigenvalue weighted by Gasteiger charge is 2.73. The number of allylic oxidation sites excluding steroid dienone is 16. The molecule has 2 aliphatic carbocycles. The molecule has 2 heterocycles. The fraction of sp³-hybridized carbons (Fsp3) is 0.550. The van der Waals surface area contributed by atoms with Crippen LogP contribution >= 0.6 is 0 Å². The molecule has 2 aliphatic heterocycles. The number of epoxide rings is 2. The Morgan fingerprint density at radius 2 is 0.786 bits per heavy atom. The van der Waals surface area contributed by atoms with Crippen LogP contribution in [0.5, 0.6) is 0 Å². The third-order valence-electron chi connectivity index (χ3n) is 10.6. The van der Waals surface area contributed by atoms with E-state index in [2.05, 4.69) is 154 Å². The van der Waals surface area contributed by atoms with Crippen LogP contribution in [-0.2, 0) is 9.47 Å². The minimum absolute atomic E-state index is 0.0169. The topological polar surface area (TPSA) is 25.1 Å². The summed E-state index contributed by atoms with van der Waals surface area (Å²) in [5.41, 5.74) is 5.11. The van der Waals surface area contributed by atoms with E-state index in [1.165, 1.54) is 48.0 Å². The van der Waals surface area contributed by atoms with Crippen molar-refractivity contribution in [2.24, 2.45) is 10.8 Å². The second-order valence-corrected chi connectivity index (χ2v) is 15.0. The van der Waals surface area contributed by atoms with Crippen molar-refractivity contribution in [3.05, 3.63) is 107 Å². The van der Waals surface area contributed by atoms with Gasteiger partial charge in [-0.25, -0.2) is 0 Å². The lowest BCUT2D eigenvalue weighted by Gasteiger charge is -2.36. The summed E-state index contributed by atoms with van der Waals surface area (Å²) in [4.78, 5) is 0. The van der Waals surface area contributed by atoms with Gasteiger partial charge in [0.1, 0.15) is 11.2 Å². The van der Waals surface area contributed by atoms with Gasteiger partial charge in [0.15, 0.2) is 0 Å². The van der Waals surface area contributed by atoms with E-state index in [9.17, 15) is 0 Å². The molecule has 4 unspecified atom stereocenters. The predicted molar refractivity (Wildman–Crippen MR) is 180 cm³/mol. The maximum absolute atomic E-state index is 6.34. The number of rotatable bonds is 10. The molecule has 4 aliphatic rings. The highest BCUT2D eigenvalue weighted by molar-refractivity contribution is 5.37. The summed E-state index contributed by atoms with van der Waals surface area (Å²) >= 11 is 0. The second-order valence-electron chi connectivity index (χ2n) is 15.0. The molecule has 0 bridgehead atoms. The quantitative estimate of drug-likeness (QED) is 0.193. The van der Waals surface area contributed by atoms with E-state index >= 15 is 0 Å². The summed E-state index contributed by atoms with van der Waals surface area (Å²) in [7, 11) is 0. The number of ether oxygens (including phenoxy) is 2. The van der Waals surface area contributed by atoms with Crippen LogP contribution in [0.15, 0.2) is 107 Å². The first-order valence-corrected chi connectivity index (χ1v) is 16.1. The Kier molecular flexibility index (Phi) is 9.23. The molecule has 42 heavy (non-hydrogen) atoms. The van der Waals surface area contributed by atoms with Crippen molar-refractivity contribution < 1.29 is 9.47 Å². The van der Waals surface area contributed by atoms with Crippen molar-refractivity contribution in [3.63, 3.8) is 0 Å². The van der Waals surface area contributed by atoms with E-state index in [-0.39, 0.29) is 33.2 Å². The fourth-order valence-electron chi connectivity index (χ4n) is 7.66. The maximum atomic E-state index is 6.34. The summed E-state index contributed by atoms with van der Waals surface area (Å²) in [6.07, 6.45) is 37.8. The molecule has 2 heteroatoms. The summed E-state index contributed by atoms with van der Waals surface area (Å²) in [6.45, 7) is 22.5. The first kappa shape index (κ1) is 32.5. The van der Waals surface area contributed by atoms with Crippen LogP contribution in [0.4, 0.5) is 0 Å². The van der Waals surface area contributed by atoms with Crippen LogP contribution in [0.2, 0.25) is 0 Å². The molecule has 0 aromatic carbocycles. The van der Waals surface area contributed by atoms with Crippen LogP contribution < -0.4 is 0 Å². The van der Waals surface area contributed by atoms with E-state index in [1.807, 2.05) is 0 Å². The number of hydrogen-bond donors (Lipinski definition) is 0. The highest BCUT2D eigenvalue weighted by atomic mass is 16.6. The zero-order valence-electron chi connectivity index (χ0n) is 28.1. The van der Waals surface area contributed by atoms with E-state index in [4.69, 9.17) is 9.47 Å². The first-order chi connectivity index (χ1) is 19.6. The minimum Gasteiger partial charge on any atom is -0.358 e. The summed E-state index contributed by atoms with van der Waals surface area (Å²) in [5.74, 6) is 0. The smallest absolute Gasteiger partial charge is 0.121 e. The lowest BCUT2D eigenvalue weighted by Crippen LogP contribution is -2.41. The summed E-state index contributed by atoms with van der Waals surface area (Å²) in [5, 5.41) is 0. The number of hydrogen-bond acceptors (Lipinski definition) is 2. The molecule has 0 radical (unpaired) electrons. The third-order valence-corrected chi connectivity index (χ3v) is 10.6. The van der Waals surface area contributed by atoms with Gasteiger partial charge in [-0.05, 0) is 92.2 Å². The molecule has 2 nitrogen and oxygen atoms in total. The Balaban J connectivity index is 1.25. The van der Waals surface area contributed by atoms with Crippen molar-refractivity contribution in [2.45, 2.75) is 130 Å². The predicted octanol–water partition coefficient (Wildman–Crippen LogP) is 11.0. The largest absolute Gasteiger partial charge is 0.358 e. The van der Waals surface area contributed by atoms with Crippen molar-refractivity contribution in [1.82, 2.24) is 0 Å². The molecule has 2 saturated carbocycles. The zero-order valence-corrected chi connectivity index (χ0v) is 28.1. The van der Waals surface area contributed by atoms with Crippen LogP contribution in [0, 0.1) is 10.8 Å². The molecular weight excluding hydrogens is 512 g/mol. The van der Waals surface area contributed by atoms with Crippen LogP contribution in [0.1, 0.15) is 108 Å². The van der Waals surface area contributed by atoms with E-state index in [0.717, 1.165) is 12.8 Å². The first-order valence-electron chi connectivity index (χ1n) is 16.1. The van der Waals surface area contributed by atoms with E-state index in [0.29, 0.717) is 0 Å². The molecule has 0 aromatic heterocycles. The minimum atomic E-state index is -0.106. The Morgan fingerprint density at radius 3 is 1.14 bits per heavy atom. The average Bonchev–Trinajstić information content (AvgIpc) is 3.75. The molecule has 0 N–H and O–H groups in total. The van der Waals surface area contributed by atoms with E-state index < -0.39 is 0 Å². The van der Waals surface area contributed by atoms with Crippen molar-refractivity contribution in [1.29, 1.82) is 0 Å². The molecule has 4 atom stereocenters. The van der Waals surface area contributed by atoms with Gasteiger partial charge in [0.2, 0.25) is 0 Å². The van der Waals surface area contributed by atoms with Gasteiger partial charge < -0.3 is 9.47 Å². The monoisotopic (exact) mass is 568 g/mol. The summed E-state index contributed by atoms with van der Waals surface area (Å²) < 4.78 is 12.7. The van der Waals surface area contributed by atoms with Crippen LogP contribution in [0.25, 0.3) is 0 Å². The maximum Gasteiger partial charge on any atom is 0.121 e. The molecule has 4 rings (SSSR count). The third kappa shape index (κ3) is 6.41. The molecular formula is C40H56O2. The lowest BCUT2D eigenvalue weighted by atomic mass is 9.64. The Bertz CT molecular complexity index is 1200. The van der Waals surface area contributed by atoms with Crippen molar-refractivity contribution in [2.75, 3.05) is 0 Å². The second kappa shape index (κ2) is 11.9. The van der Waals surface area contributed by atoms with E-state index in [1.54, 1.807) is 0 Å². The number of fused-ring (bicyclic) bond motifs is 2. The summed E-state index contributed by atoms with van der Waals surface area (Å²) in [6, 6.07) is 0. The fourth-order valence-corrected chi connectivity index (χ4v) is 7.66. The molecule has 228 valence electrons. The Morgan fingerprint density at radius 1 is 0.452 bits per heavy atom. The van der Waals surface area contributed by atoms with Crippen LogP contribution in [-0.4, -0.2) is 22.4 Å². The zero-order chi connectivity index (χ0) is 30.9. The molecule has 0 aromatic rings. The van der Waals surface area contributed by atoms with Gasteiger partial charge in [-0.3, -0.25) is 0 Å². The van der Waals surface area contributed by atoms with Gasteiger partial charge >= 0.3 is 0 Å². The SMILES string of the molecule is CC(/C=C/C=C(C)/C=C/C12OC1(C)CCCC2(C)C)=C\C=C\C=C(C)\C=C\C=C(C)\C=C\C12OC1(C)CCCC2(C)C.